The maximum absolute atomic E-state index is 12.6. The quantitative estimate of drug-likeness (QED) is 0.818. The van der Waals surface area contributed by atoms with Gasteiger partial charge in [-0.1, -0.05) is 12.1 Å². The van der Waals surface area contributed by atoms with Gasteiger partial charge in [0.1, 0.15) is 5.76 Å². The Bertz CT molecular complexity index is 945. The van der Waals surface area contributed by atoms with Gasteiger partial charge in [0.05, 0.1) is 6.26 Å². The summed E-state index contributed by atoms with van der Waals surface area (Å²) in [7, 11) is -3.35. The van der Waals surface area contributed by atoms with Crippen LogP contribution in [0.15, 0.2) is 40.8 Å². The Labute approximate surface area is 158 Å². The summed E-state index contributed by atoms with van der Waals surface area (Å²) in [6.07, 6.45) is 3.37. The van der Waals surface area contributed by atoms with Crippen LogP contribution in [-0.4, -0.2) is 51.2 Å². The number of carbonyl (C=O) groups is 1. The number of hydrogen-bond acceptors (Lipinski definition) is 5. The molecular formula is C19H23N3O4S. The maximum atomic E-state index is 12.6. The lowest BCUT2D eigenvalue weighted by Crippen LogP contribution is -2.57. The van der Waals surface area contributed by atoms with Crippen LogP contribution >= 0.6 is 0 Å². The molecule has 2 bridgehead atoms. The van der Waals surface area contributed by atoms with Gasteiger partial charge >= 0.3 is 0 Å². The van der Waals surface area contributed by atoms with Crippen molar-refractivity contribution in [3.63, 3.8) is 0 Å². The largest absolute Gasteiger partial charge is 0.451 e. The van der Waals surface area contributed by atoms with Gasteiger partial charge in [-0.15, -0.1) is 0 Å². The van der Waals surface area contributed by atoms with Gasteiger partial charge in [-0.25, -0.2) is 8.42 Å². The summed E-state index contributed by atoms with van der Waals surface area (Å²) in [5.74, 6) is 1.13. The number of benzene rings is 1. The molecule has 4 heterocycles. The second kappa shape index (κ2) is 7.01. The zero-order chi connectivity index (χ0) is 19.0. The molecule has 5 rings (SSSR count). The molecule has 3 aliphatic rings. The molecule has 0 saturated carbocycles. The summed E-state index contributed by atoms with van der Waals surface area (Å²) in [6.45, 7) is 3.16. The number of amides is 1. The number of fused-ring (bicyclic) bond motifs is 3. The standard InChI is InChI=1S/C19H23N3O4S/c1-27(24,25)21-15-4-2-3-14(11-15)17-5-6-18(26-17)19(23)20-16-12-22-9-7-13(16)8-10-22/h2-6,11,13,16,21H,7-10,12H2,1H3,(H,20,23). The van der Waals surface area contributed by atoms with Gasteiger partial charge in [0.25, 0.3) is 5.91 Å². The summed E-state index contributed by atoms with van der Waals surface area (Å²) in [5.41, 5.74) is 1.15. The number of rotatable bonds is 5. The van der Waals surface area contributed by atoms with Gasteiger partial charge in [-0.05, 0) is 56.1 Å². The minimum atomic E-state index is -3.35. The third kappa shape index (κ3) is 4.17. The summed E-state index contributed by atoms with van der Waals surface area (Å²) in [4.78, 5) is 15.0. The number of nitrogens with one attached hydrogen (secondary N) is 2. The van der Waals surface area contributed by atoms with Crippen molar-refractivity contribution in [1.29, 1.82) is 0 Å². The molecule has 27 heavy (non-hydrogen) atoms. The average Bonchev–Trinajstić information content (AvgIpc) is 3.12. The van der Waals surface area contributed by atoms with E-state index >= 15 is 0 Å². The Kier molecular flexibility index (Phi) is 4.69. The van der Waals surface area contributed by atoms with Gasteiger partial charge in [0, 0.05) is 23.8 Å². The second-order valence-electron chi connectivity index (χ2n) is 7.34. The van der Waals surface area contributed by atoms with E-state index in [2.05, 4.69) is 14.9 Å². The smallest absolute Gasteiger partial charge is 0.287 e. The molecular weight excluding hydrogens is 366 g/mol. The van der Waals surface area contributed by atoms with E-state index in [0.29, 0.717) is 22.9 Å². The first-order valence-electron chi connectivity index (χ1n) is 9.09. The van der Waals surface area contributed by atoms with Gasteiger partial charge in [-0.3, -0.25) is 9.52 Å². The minimum Gasteiger partial charge on any atom is -0.451 e. The van der Waals surface area contributed by atoms with Crippen molar-refractivity contribution < 1.29 is 17.6 Å². The molecule has 0 radical (unpaired) electrons. The minimum absolute atomic E-state index is 0.177. The number of sulfonamides is 1. The number of carbonyl (C=O) groups excluding carboxylic acids is 1. The zero-order valence-electron chi connectivity index (χ0n) is 15.1. The van der Waals surface area contributed by atoms with Crippen molar-refractivity contribution in [2.75, 3.05) is 30.6 Å². The molecule has 1 amide bonds. The fourth-order valence-electron chi connectivity index (χ4n) is 3.93. The van der Waals surface area contributed by atoms with Crippen LogP contribution in [0.2, 0.25) is 0 Å². The Morgan fingerprint density at radius 1 is 1.19 bits per heavy atom. The number of nitrogens with zero attached hydrogens (tertiary/aromatic N) is 1. The SMILES string of the molecule is CS(=O)(=O)Nc1cccc(-c2ccc(C(=O)NC3CN4CCC3CC4)o2)c1. The number of hydrogen-bond donors (Lipinski definition) is 2. The first-order chi connectivity index (χ1) is 12.9. The summed E-state index contributed by atoms with van der Waals surface area (Å²) in [5, 5.41) is 3.11. The predicted molar refractivity (Wildman–Crippen MR) is 103 cm³/mol. The van der Waals surface area contributed by atoms with Crippen LogP contribution in [0.3, 0.4) is 0 Å². The molecule has 0 aliphatic carbocycles. The molecule has 7 nitrogen and oxygen atoms in total. The Balaban J connectivity index is 1.47. The van der Waals surface area contributed by atoms with E-state index in [1.165, 1.54) is 0 Å². The predicted octanol–water partition coefficient (Wildman–Crippen LogP) is 2.14. The molecule has 0 spiro atoms. The molecule has 3 aliphatic heterocycles. The highest BCUT2D eigenvalue weighted by atomic mass is 32.2. The van der Waals surface area contributed by atoms with Crippen molar-refractivity contribution in [1.82, 2.24) is 10.2 Å². The number of anilines is 1. The van der Waals surface area contributed by atoms with Crippen LogP contribution in [-0.2, 0) is 10.0 Å². The van der Waals surface area contributed by atoms with Crippen LogP contribution in [0, 0.1) is 5.92 Å². The number of furan rings is 1. The molecule has 3 fully saturated rings. The lowest BCUT2D eigenvalue weighted by Gasteiger charge is -2.44. The van der Waals surface area contributed by atoms with Crippen molar-refractivity contribution >= 4 is 21.6 Å². The molecule has 1 aromatic heterocycles. The Morgan fingerprint density at radius 2 is 1.96 bits per heavy atom. The highest BCUT2D eigenvalue weighted by Gasteiger charge is 2.35. The molecule has 144 valence electrons. The molecule has 2 aromatic rings. The lowest BCUT2D eigenvalue weighted by molar-refractivity contribution is 0.0606. The van der Waals surface area contributed by atoms with E-state index in [1.54, 1.807) is 36.4 Å². The van der Waals surface area contributed by atoms with E-state index in [1.807, 2.05) is 0 Å². The normalized spacial score (nSPS) is 24.6. The van der Waals surface area contributed by atoms with Crippen LogP contribution in [0.1, 0.15) is 23.4 Å². The van der Waals surface area contributed by atoms with Crippen molar-refractivity contribution in [3.8, 4) is 11.3 Å². The third-order valence-electron chi connectivity index (χ3n) is 5.25. The zero-order valence-corrected chi connectivity index (χ0v) is 16.0. The van der Waals surface area contributed by atoms with Crippen LogP contribution in [0.25, 0.3) is 11.3 Å². The van der Waals surface area contributed by atoms with E-state index in [4.69, 9.17) is 4.42 Å². The van der Waals surface area contributed by atoms with Gasteiger partial charge in [-0.2, -0.15) is 0 Å². The molecule has 1 atom stereocenters. The summed E-state index contributed by atoms with van der Waals surface area (Å²) in [6, 6.07) is 10.4. The van der Waals surface area contributed by atoms with Crippen LogP contribution in [0.5, 0.6) is 0 Å². The molecule has 2 N–H and O–H groups in total. The van der Waals surface area contributed by atoms with E-state index in [0.717, 1.165) is 38.7 Å². The van der Waals surface area contributed by atoms with E-state index in [-0.39, 0.29) is 17.7 Å². The summed E-state index contributed by atoms with van der Waals surface area (Å²) >= 11 is 0. The Morgan fingerprint density at radius 3 is 2.63 bits per heavy atom. The molecule has 1 aromatic carbocycles. The third-order valence-corrected chi connectivity index (χ3v) is 5.86. The van der Waals surface area contributed by atoms with E-state index in [9.17, 15) is 13.2 Å². The first-order valence-corrected chi connectivity index (χ1v) is 11.0. The first kappa shape index (κ1) is 18.1. The highest BCUT2D eigenvalue weighted by molar-refractivity contribution is 7.92. The average molecular weight is 389 g/mol. The molecule has 1 unspecified atom stereocenters. The van der Waals surface area contributed by atoms with Crippen molar-refractivity contribution in [2.24, 2.45) is 5.92 Å². The molecule has 3 saturated heterocycles. The van der Waals surface area contributed by atoms with Crippen molar-refractivity contribution in [2.45, 2.75) is 18.9 Å². The van der Waals surface area contributed by atoms with Crippen LogP contribution < -0.4 is 10.0 Å². The monoisotopic (exact) mass is 389 g/mol. The maximum Gasteiger partial charge on any atom is 0.287 e. The van der Waals surface area contributed by atoms with Gasteiger partial charge in [0.15, 0.2) is 5.76 Å². The fourth-order valence-corrected chi connectivity index (χ4v) is 4.49. The van der Waals surface area contributed by atoms with Crippen LogP contribution in [0.4, 0.5) is 5.69 Å². The van der Waals surface area contributed by atoms with Gasteiger partial charge < -0.3 is 14.6 Å². The van der Waals surface area contributed by atoms with E-state index < -0.39 is 10.0 Å². The lowest BCUT2D eigenvalue weighted by atomic mass is 9.84. The summed E-state index contributed by atoms with van der Waals surface area (Å²) < 4.78 is 31.0. The highest BCUT2D eigenvalue weighted by Crippen LogP contribution is 2.28. The topological polar surface area (TPSA) is 91.6 Å². The molecule has 8 heteroatoms. The second-order valence-corrected chi connectivity index (χ2v) is 9.09. The van der Waals surface area contributed by atoms with Gasteiger partial charge in [0.2, 0.25) is 10.0 Å². The fraction of sp³-hybridized carbons (Fsp3) is 0.421. The van der Waals surface area contributed by atoms with Crippen molar-refractivity contribution in [3.05, 3.63) is 42.2 Å². The Hall–Kier alpha value is -2.32. The number of piperidine rings is 3.